The summed E-state index contributed by atoms with van der Waals surface area (Å²) in [6, 6.07) is -0.879. The second-order valence-corrected chi connectivity index (χ2v) is 6.92. The molecular weight excluding hydrogens is 268 g/mol. The summed E-state index contributed by atoms with van der Waals surface area (Å²) in [6.45, 7) is 5.41. The highest BCUT2D eigenvalue weighted by atomic mass is 16.4. The van der Waals surface area contributed by atoms with Crippen LogP contribution >= 0.6 is 0 Å². The topological polar surface area (TPSA) is 69.6 Å². The zero-order chi connectivity index (χ0) is 15.4. The van der Waals surface area contributed by atoms with Crippen LogP contribution in [0.15, 0.2) is 0 Å². The second-order valence-electron chi connectivity index (χ2n) is 6.92. The van der Waals surface area contributed by atoms with Gasteiger partial charge in [0.05, 0.1) is 0 Å². The Morgan fingerprint density at radius 2 is 1.95 bits per heavy atom. The van der Waals surface area contributed by atoms with Crippen LogP contribution < -0.4 is 5.32 Å². The minimum Gasteiger partial charge on any atom is -0.480 e. The van der Waals surface area contributed by atoms with Gasteiger partial charge >= 0.3 is 12.0 Å². The summed E-state index contributed by atoms with van der Waals surface area (Å²) < 4.78 is 0. The zero-order valence-corrected chi connectivity index (χ0v) is 13.2. The highest BCUT2D eigenvalue weighted by Crippen LogP contribution is 2.28. The van der Waals surface area contributed by atoms with Gasteiger partial charge in [-0.05, 0) is 43.4 Å². The van der Waals surface area contributed by atoms with E-state index < -0.39 is 12.0 Å². The van der Waals surface area contributed by atoms with E-state index in [2.05, 4.69) is 12.2 Å². The number of likely N-dealkylation sites (tertiary alicyclic amines) is 1. The number of carboxylic acids is 1. The van der Waals surface area contributed by atoms with Crippen molar-refractivity contribution in [1.82, 2.24) is 10.2 Å². The summed E-state index contributed by atoms with van der Waals surface area (Å²) in [7, 11) is 0. The van der Waals surface area contributed by atoms with Crippen molar-refractivity contribution >= 4 is 12.0 Å². The van der Waals surface area contributed by atoms with Crippen molar-refractivity contribution in [3.05, 3.63) is 0 Å². The summed E-state index contributed by atoms with van der Waals surface area (Å²) in [5, 5.41) is 12.3. The number of rotatable bonds is 3. The van der Waals surface area contributed by atoms with Crippen LogP contribution in [-0.4, -0.2) is 41.1 Å². The number of nitrogens with one attached hydrogen (secondary N) is 1. The van der Waals surface area contributed by atoms with Gasteiger partial charge in [-0.2, -0.15) is 0 Å². The summed E-state index contributed by atoms with van der Waals surface area (Å²) in [4.78, 5) is 25.3. The third-order valence-corrected chi connectivity index (χ3v) is 5.03. The van der Waals surface area contributed by atoms with Crippen LogP contribution in [0.25, 0.3) is 0 Å². The van der Waals surface area contributed by atoms with Gasteiger partial charge in [-0.25, -0.2) is 9.59 Å². The SMILES string of the molecule is CC1CCCC(CNC(=O)N2CCCC(C)C2C(=O)O)C1. The molecule has 4 atom stereocenters. The minimum absolute atomic E-state index is 0.0247. The smallest absolute Gasteiger partial charge is 0.326 e. The molecule has 1 heterocycles. The van der Waals surface area contributed by atoms with E-state index in [9.17, 15) is 14.7 Å². The standard InChI is InChI=1S/C16H28N2O3/c1-11-5-3-7-13(9-11)10-17-16(21)18-8-4-6-12(2)14(18)15(19)20/h11-14H,3-10H2,1-2H3,(H,17,21)(H,19,20). The monoisotopic (exact) mass is 296 g/mol. The molecule has 2 fully saturated rings. The molecule has 1 saturated carbocycles. The molecule has 0 aromatic heterocycles. The van der Waals surface area contributed by atoms with Crippen LogP contribution in [0.2, 0.25) is 0 Å². The van der Waals surface area contributed by atoms with Crippen LogP contribution in [0.5, 0.6) is 0 Å². The molecule has 21 heavy (non-hydrogen) atoms. The van der Waals surface area contributed by atoms with Gasteiger partial charge in [-0.3, -0.25) is 0 Å². The largest absolute Gasteiger partial charge is 0.480 e. The maximum Gasteiger partial charge on any atom is 0.326 e. The maximum atomic E-state index is 12.3. The Bertz CT molecular complexity index is 386. The van der Waals surface area contributed by atoms with E-state index in [1.807, 2.05) is 6.92 Å². The Labute approximate surface area is 127 Å². The molecule has 1 saturated heterocycles. The Hall–Kier alpha value is -1.26. The molecule has 5 heteroatoms. The predicted molar refractivity (Wildman–Crippen MR) is 81.0 cm³/mol. The van der Waals surface area contributed by atoms with E-state index in [4.69, 9.17) is 0 Å². The maximum absolute atomic E-state index is 12.3. The molecule has 0 bridgehead atoms. The van der Waals surface area contributed by atoms with E-state index in [-0.39, 0.29) is 11.9 Å². The van der Waals surface area contributed by atoms with E-state index in [0.717, 1.165) is 18.8 Å². The molecule has 1 aliphatic heterocycles. The first-order valence-electron chi connectivity index (χ1n) is 8.26. The average molecular weight is 296 g/mol. The summed E-state index contributed by atoms with van der Waals surface area (Å²) >= 11 is 0. The first-order chi connectivity index (χ1) is 9.99. The molecule has 1 aliphatic carbocycles. The number of hydrogen-bond donors (Lipinski definition) is 2. The number of amides is 2. The fourth-order valence-corrected chi connectivity index (χ4v) is 3.87. The zero-order valence-electron chi connectivity index (χ0n) is 13.2. The highest BCUT2D eigenvalue weighted by Gasteiger charge is 2.37. The van der Waals surface area contributed by atoms with Gasteiger partial charge in [0.2, 0.25) is 0 Å². The second kappa shape index (κ2) is 7.14. The highest BCUT2D eigenvalue weighted by molar-refractivity contribution is 5.83. The molecule has 2 N–H and O–H groups in total. The first kappa shape index (κ1) is 16.1. The summed E-state index contributed by atoms with van der Waals surface area (Å²) in [6.07, 6.45) is 6.62. The molecule has 2 rings (SSSR count). The fraction of sp³-hybridized carbons (Fsp3) is 0.875. The van der Waals surface area contributed by atoms with Crippen LogP contribution in [-0.2, 0) is 4.79 Å². The van der Waals surface area contributed by atoms with Crippen molar-refractivity contribution < 1.29 is 14.7 Å². The number of hydrogen-bond acceptors (Lipinski definition) is 2. The average Bonchev–Trinajstić information content (AvgIpc) is 2.44. The molecule has 5 nitrogen and oxygen atoms in total. The lowest BCUT2D eigenvalue weighted by atomic mass is 9.82. The third-order valence-electron chi connectivity index (χ3n) is 5.03. The van der Waals surface area contributed by atoms with Crippen molar-refractivity contribution in [2.45, 2.75) is 58.4 Å². The number of nitrogens with zero attached hydrogens (tertiary/aromatic N) is 1. The van der Waals surface area contributed by atoms with Crippen molar-refractivity contribution in [3.63, 3.8) is 0 Å². The van der Waals surface area contributed by atoms with Gasteiger partial charge in [0.25, 0.3) is 0 Å². The van der Waals surface area contributed by atoms with Gasteiger partial charge in [-0.15, -0.1) is 0 Å². The van der Waals surface area contributed by atoms with Gasteiger partial charge < -0.3 is 15.3 Å². The van der Waals surface area contributed by atoms with Crippen LogP contribution in [0, 0.1) is 17.8 Å². The summed E-state index contributed by atoms with van der Waals surface area (Å²) in [5.74, 6) is 0.422. The van der Waals surface area contributed by atoms with Crippen molar-refractivity contribution in [1.29, 1.82) is 0 Å². The molecule has 0 radical (unpaired) electrons. The van der Waals surface area contributed by atoms with Crippen LogP contribution in [0.1, 0.15) is 52.4 Å². The van der Waals surface area contributed by atoms with E-state index in [1.54, 1.807) is 0 Å². The normalized spacial score (nSPS) is 33.5. The number of urea groups is 1. The number of carbonyl (C=O) groups is 2. The lowest BCUT2D eigenvalue weighted by molar-refractivity contribution is -0.145. The van der Waals surface area contributed by atoms with Gasteiger partial charge in [0.15, 0.2) is 0 Å². The van der Waals surface area contributed by atoms with Gasteiger partial charge in [-0.1, -0.05) is 26.7 Å². The quantitative estimate of drug-likeness (QED) is 0.841. The van der Waals surface area contributed by atoms with E-state index in [1.165, 1.54) is 30.6 Å². The number of aliphatic carboxylic acids is 1. The van der Waals surface area contributed by atoms with Gasteiger partial charge in [0, 0.05) is 13.1 Å². The third kappa shape index (κ3) is 4.11. The molecule has 0 aromatic carbocycles. The Morgan fingerprint density at radius 3 is 2.62 bits per heavy atom. The predicted octanol–water partition coefficient (Wildman–Crippen LogP) is 2.71. The van der Waals surface area contributed by atoms with Crippen LogP contribution in [0.3, 0.4) is 0 Å². The van der Waals surface area contributed by atoms with Crippen molar-refractivity contribution in [3.8, 4) is 0 Å². The van der Waals surface area contributed by atoms with Crippen LogP contribution in [0.4, 0.5) is 4.79 Å². The lowest BCUT2D eigenvalue weighted by Crippen LogP contribution is -2.55. The fourth-order valence-electron chi connectivity index (χ4n) is 3.87. The van der Waals surface area contributed by atoms with Crippen molar-refractivity contribution in [2.24, 2.45) is 17.8 Å². The number of carboxylic acid groups (broad SMARTS) is 1. The number of piperidine rings is 1. The Kier molecular flexibility index (Phi) is 5.48. The lowest BCUT2D eigenvalue weighted by Gasteiger charge is -2.37. The van der Waals surface area contributed by atoms with Gasteiger partial charge in [0.1, 0.15) is 6.04 Å². The molecule has 2 amide bonds. The summed E-state index contributed by atoms with van der Waals surface area (Å²) in [5.41, 5.74) is 0. The van der Waals surface area contributed by atoms with E-state index >= 15 is 0 Å². The number of carbonyl (C=O) groups excluding carboxylic acids is 1. The molecular formula is C16H28N2O3. The molecule has 0 spiro atoms. The van der Waals surface area contributed by atoms with Crippen molar-refractivity contribution in [2.75, 3.05) is 13.1 Å². The molecule has 120 valence electrons. The molecule has 4 unspecified atom stereocenters. The Balaban J connectivity index is 1.87. The minimum atomic E-state index is -0.886. The Morgan fingerprint density at radius 1 is 1.19 bits per heavy atom. The molecule has 2 aliphatic rings. The van der Waals surface area contributed by atoms with E-state index in [0.29, 0.717) is 19.0 Å². The first-order valence-corrected chi connectivity index (χ1v) is 8.26. The molecule has 0 aromatic rings.